The largest absolute Gasteiger partial charge is 0.319 e. The third-order valence-electron chi connectivity index (χ3n) is 3.72. The van der Waals surface area contributed by atoms with Gasteiger partial charge in [-0.25, -0.2) is 0 Å². The quantitative estimate of drug-likeness (QED) is 0.685. The first-order valence-corrected chi connectivity index (χ1v) is 7.33. The van der Waals surface area contributed by atoms with Crippen molar-refractivity contribution in [1.29, 1.82) is 0 Å². The highest BCUT2D eigenvalue weighted by Crippen LogP contribution is 2.27. The van der Waals surface area contributed by atoms with Crippen molar-refractivity contribution in [2.24, 2.45) is 0 Å². The summed E-state index contributed by atoms with van der Waals surface area (Å²) in [6.07, 6.45) is 3.34. The summed E-state index contributed by atoms with van der Waals surface area (Å²) in [5, 5.41) is 13.9. The van der Waals surface area contributed by atoms with E-state index in [0.717, 1.165) is 19.4 Å². The molecule has 2 rings (SSSR count). The molecular formula is C14H18ClN3O3. The van der Waals surface area contributed by atoms with E-state index in [9.17, 15) is 14.9 Å². The summed E-state index contributed by atoms with van der Waals surface area (Å²) < 4.78 is 0. The number of hydrogen-bond donors (Lipinski definition) is 1. The third kappa shape index (κ3) is 4.15. The molecule has 1 saturated heterocycles. The molecule has 0 radical (unpaired) electrons. The Labute approximate surface area is 128 Å². The van der Waals surface area contributed by atoms with E-state index in [1.807, 2.05) is 0 Å². The van der Waals surface area contributed by atoms with Crippen LogP contribution in [0.3, 0.4) is 0 Å². The summed E-state index contributed by atoms with van der Waals surface area (Å²) in [4.78, 5) is 24.6. The van der Waals surface area contributed by atoms with Crippen LogP contribution in [-0.2, 0) is 4.79 Å². The average Bonchev–Trinajstić information content (AvgIpc) is 2.43. The molecule has 1 heterocycles. The minimum atomic E-state index is -0.551. The van der Waals surface area contributed by atoms with Crippen LogP contribution in [0.1, 0.15) is 26.2 Å². The number of likely N-dealkylation sites (tertiary alicyclic amines) is 1. The molecular weight excluding hydrogens is 294 g/mol. The van der Waals surface area contributed by atoms with Crippen molar-refractivity contribution in [3.8, 4) is 0 Å². The zero-order chi connectivity index (χ0) is 15.4. The molecule has 1 fully saturated rings. The summed E-state index contributed by atoms with van der Waals surface area (Å²) in [6.45, 7) is 3.23. The second-order valence-corrected chi connectivity index (χ2v) is 5.72. The number of nitrogens with one attached hydrogen (secondary N) is 1. The molecule has 6 nitrogen and oxygen atoms in total. The van der Waals surface area contributed by atoms with Crippen LogP contribution in [0.15, 0.2) is 18.2 Å². The number of hydrogen-bond acceptors (Lipinski definition) is 4. The number of rotatable bonds is 4. The minimum absolute atomic E-state index is 0.180. The van der Waals surface area contributed by atoms with E-state index >= 15 is 0 Å². The van der Waals surface area contributed by atoms with Crippen molar-refractivity contribution < 1.29 is 9.72 Å². The van der Waals surface area contributed by atoms with E-state index in [1.165, 1.54) is 24.6 Å². The maximum absolute atomic E-state index is 12.1. The first-order chi connectivity index (χ1) is 9.97. The zero-order valence-electron chi connectivity index (χ0n) is 11.8. The van der Waals surface area contributed by atoms with Gasteiger partial charge in [0.05, 0.1) is 11.5 Å². The number of nitro groups is 1. The Balaban J connectivity index is 2.04. The molecule has 1 aromatic carbocycles. The number of halogens is 1. The van der Waals surface area contributed by atoms with Gasteiger partial charge in [0.2, 0.25) is 5.91 Å². The first-order valence-electron chi connectivity index (χ1n) is 6.95. The van der Waals surface area contributed by atoms with Crippen molar-refractivity contribution in [3.05, 3.63) is 33.3 Å². The fourth-order valence-corrected chi connectivity index (χ4v) is 2.69. The van der Waals surface area contributed by atoms with Crippen LogP contribution in [-0.4, -0.2) is 34.9 Å². The van der Waals surface area contributed by atoms with Gasteiger partial charge >= 0.3 is 0 Å². The fourth-order valence-electron chi connectivity index (χ4n) is 2.53. The Morgan fingerprint density at radius 3 is 2.95 bits per heavy atom. The molecule has 21 heavy (non-hydrogen) atoms. The summed E-state index contributed by atoms with van der Waals surface area (Å²) in [5.41, 5.74) is -0.0124. The van der Waals surface area contributed by atoms with Crippen molar-refractivity contribution in [2.45, 2.75) is 32.2 Å². The van der Waals surface area contributed by atoms with Gasteiger partial charge in [0.1, 0.15) is 5.69 Å². The van der Waals surface area contributed by atoms with E-state index in [1.54, 1.807) is 0 Å². The number of benzene rings is 1. The molecule has 0 aliphatic carbocycles. The Kier molecular flexibility index (Phi) is 5.14. The molecule has 0 saturated carbocycles. The van der Waals surface area contributed by atoms with Crippen molar-refractivity contribution in [3.63, 3.8) is 0 Å². The van der Waals surface area contributed by atoms with Gasteiger partial charge in [-0.05, 0) is 38.4 Å². The normalized spacial score (nSPS) is 19.2. The lowest BCUT2D eigenvalue weighted by molar-refractivity contribution is -0.383. The molecule has 0 aromatic heterocycles. The summed E-state index contributed by atoms with van der Waals surface area (Å²) >= 11 is 5.75. The fraction of sp³-hybridized carbons (Fsp3) is 0.500. The highest BCUT2D eigenvalue weighted by Gasteiger charge is 2.22. The Morgan fingerprint density at radius 1 is 1.52 bits per heavy atom. The molecule has 1 amide bonds. The second kappa shape index (κ2) is 6.87. The van der Waals surface area contributed by atoms with Crippen LogP contribution in [0.5, 0.6) is 0 Å². The van der Waals surface area contributed by atoms with Gasteiger partial charge in [0.25, 0.3) is 5.69 Å². The molecule has 1 aromatic rings. The molecule has 1 aliphatic heterocycles. The average molecular weight is 312 g/mol. The van der Waals surface area contributed by atoms with E-state index in [2.05, 4.69) is 17.1 Å². The summed E-state index contributed by atoms with van der Waals surface area (Å²) in [5.74, 6) is -0.242. The predicted octanol–water partition coefficient (Wildman–Crippen LogP) is 3.06. The van der Waals surface area contributed by atoms with E-state index in [4.69, 9.17) is 11.6 Å². The van der Waals surface area contributed by atoms with Gasteiger partial charge in [-0.2, -0.15) is 0 Å². The lowest BCUT2D eigenvalue weighted by Crippen LogP contribution is -2.42. The van der Waals surface area contributed by atoms with Crippen LogP contribution in [0.2, 0.25) is 5.02 Å². The number of nitrogens with zero attached hydrogens (tertiary/aromatic N) is 2. The highest BCUT2D eigenvalue weighted by molar-refractivity contribution is 6.31. The van der Waals surface area contributed by atoms with Crippen LogP contribution < -0.4 is 5.32 Å². The van der Waals surface area contributed by atoms with Gasteiger partial charge in [-0.15, -0.1) is 0 Å². The van der Waals surface area contributed by atoms with Crippen molar-refractivity contribution >= 4 is 28.9 Å². The van der Waals surface area contributed by atoms with Crippen LogP contribution >= 0.6 is 11.6 Å². The lowest BCUT2D eigenvalue weighted by Gasteiger charge is -2.32. The minimum Gasteiger partial charge on any atom is -0.319 e. The summed E-state index contributed by atoms with van der Waals surface area (Å²) in [6, 6.07) is 4.58. The first kappa shape index (κ1) is 15.7. The van der Waals surface area contributed by atoms with Crippen molar-refractivity contribution in [2.75, 3.05) is 18.4 Å². The van der Waals surface area contributed by atoms with E-state index in [0.29, 0.717) is 6.04 Å². The molecule has 1 atom stereocenters. The van der Waals surface area contributed by atoms with Crippen LogP contribution in [0.25, 0.3) is 0 Å². The SMILES string of the molecule is C[C@H]1CCCCN1CC(=O)Nc1ccc(Cl)cc1[N+](=O)[O-]. The van der Waals surface area contributed by atoms with Crippen LogP contribution in [0.4, 0.5) is 11.4 Å². The standard InChI is InChI=1S/C14H18ClN3O3/c1-10-4-2-3-7-17(10)9-14(19)16-12-6-5-11(15)8-13(12)18(20)21/h5-6,8,10H,2-4,7,9H2,1H3,(H,16,19)/t10-/m0/s1. The Bertz CT molecular complexity index is 550. The predicted molar refractivity (Wildman–Crippen MR) is 81.6 cm³/mol. The topological polar surface area (TPSA) is 75.5 Å². The molecule has 0 spiro atoms. The van der Waals surface area contributed by atoms with Crippen LogP contribution in [0, 0.1) is 10.1 Å². The van der Waals surface area contributed by atoms with Crippen molar-refractivity contribution in [1.82, 2.24) is 4.90 Å². The zero-order valence-corrected chi connectivity index (χ0v) is 12.6. The molecule has 0 bridgehead atoms. The molecule has 1 aliphatic rings. The third-order valence-corrected chi connectivity index (χ3v) is 3.95. The van der Waals surface area contributed by atoms with Gasteiger partial charge in [-0.3, -0.25) is 19.8 Å². The molecule has 7 heteroatoms. The number of nitro benzene ring substituents is 1. The maximum Gasteiger partial charge on any atom is 0.294 e. The smallest absolute Gasteiger partial charge is 0.294 e. The highest BCUT2D eigenvalue weighted by atomic mass is 35.5. The van der Waals surface area contributed by atoms with E-state index < -0.39 is 4.92 Å². The number of anilines is 1. The second-order valence-electron chi connectivity index (χ2n) is 5.28. The molecule has 114 valence electrons. The number of carbonyl (C=O) groups is 1. The van der Waals surface area contributed by atoms with Gasteiger partial charge in [0.15, 0.2) is 0 Å². The Hall–Kier alpha value is -1.66. The monoisotopic (exact) mass is 311 g/mol. The number of carbonyl (C=O) groups excluding carboxylic acids is 1. The molecule has 1 N–H and O–H groups in total. The van der Waals surface area contributed by atoms with Gasteiger partial charge in [0, 0.05) is 17.1 Å². The maximum atomic E-state index is 12.1. The lowest BCUT2D eigenvalue weighted by atomic mass is 10.0. The summed E-state index contributed by atoms with van der Waals surface area (Å²) in [7, 11) is 0. The number of amides is 1. The number of piperidine rings is 1. The van der Waals surface area contributed by atoms with Gasteiger partial charge < -0.3 is 5.32 Å². The van der Waals surface area contributed by atoms with E-state index in [-0.39, 0.29) is 28.8 Å². The Morgan fingerprint density at radius 2 is 2.29 bits per heavy atom. The molecule has 0 unspecified atom stereocenters. The van der Waals surface area contributed by atoms with Gasteiger partial charge in [-0.1, -0.05) is 18.0 Å².